The van der Waals surface area contributed by atoms with Gasteiger partial charge in [-0.2, -0.15) is 0 Å². The molecule has 2 rings (SSSR count). The monoisotopic (exact) mass is 170 g/mol. The first kappa shape index (κ1) is 6.67. The van der Waals surface area contributed by atoms with E-state index in [2.05, 4.69) is 0 Å². The SMILES string of the molecule is COc1ccc2c(c1)OSO2. The normalized spacial score (nSPS) is 13.2. The lowest BCUT2D eigenvalue weighted by Crippen LogP contribution is -1.81. The quantitative estimate of drug-likeness (QED) is 0.603. The summed E-state index contributed by atoms with van der Waals surface area (Å²) >= 11 is 0.967. The van der Waals surface area contributed by atoms with Crippen molar-refractivity contribution in [3.63, 3.8) is 0 Å². The minimum atomic E-state index is 0.717. The second kappa shape index (κ2) is 2.54. The summed E-state index contributed by atoms with van der Waals surface area (Å²) in [5.74, 6) is 2.24. The molecule has 1 aliphatic heterocycles. The van der Waals surface area contributed by atoms with Crippen molar-refractivity contribution in [1.82, 2.24) is 0 Å². The molecule has 1 aromatic rings. The zero-order valence-corrected chi connectivity index (χ0v) is 6.68. The molecule has 1 heterocycles. The fourth-order valence-electron chi connectivity index (χ4n) is 0.840. The fraction of sp³-hybridized carbons (Fsp3) is 0.143. The molecule has 0 N–H and O–H groups in total. The largest absolute Gasteiger partial charge is 0.497 e. The van der Waals surface area contributed by atoms with Crippen LogP contribution >= 0.6 is 12.3 Å². The molecule has 0 radical (unpaired) electrons. The molecule has 0 spiro atoms. The highest BCUT2D eigenvalue weighted by atomic mass is 32.2. The summed E-state index contributed by atoms with van der Waals surface area (Å²) in [6, 6.07) is 5.43. The number of hydrogen-bond donors (Lipinski definition) is 0. The molecule has 0 bridgehead atoms. The summed E-state index contributed by atoms with van der Waals surface area (Å²) in [5, 5.41) is 0. The van der Waals surface area contributed by atoms with Crippen LogP contribution in [0.2, 0.25) is 0 Å². The molecule has 0 unspecified atom stereocenters. The van der Waals surface area contributed by atoms with E-state index < -0.39 is 0 Å². The van der Waals surface area contributed by atoms with E-state index in [9.17, 15) is 0 Å². The Kier molecular flexibility index (Phi) is 1.54. The Balaban J connectivity index is 2.41. The third kappa shape index (κ3) is 1.09. The Morgan fingerprint density at radius 1 is 1.27 bits per heavy atom. The van der Waals surface area contributed by atoms with Gasteiger partial charge in [0.25, 0.3) is 12.3 Å². The van der Waals surface area contributed by atoms with Gasteiger partial charge in [0.15, 0.2) is 11.5 Å². The number of fused-ring (bicyclic) bond motifs is 1. The summed E-state index contributed by atoms with van der Waals surface area (Å²) in [6.07, 6.45) is 0. The van der Waals surface area contributed by atoms with Crippen LogP contribution in [0.25, 0.3) is 0 Å². The predicted molar refractivity (Wildman–Crippen MR) is 41.8 cm³/mol. The summed E-state index contributed by atoms with van der Waals surface area (Å²) in [5.41, 5.74) is 0. The second-order valence-electron chi connectivity index (χ2n) is 2.05. The first-order valence-electron chi connectivity index (χ1n) is 3.09. The number of rotatable bonds is 1. The van der Waals surface area contributed by atoms with E-state index in [1.165, 1.54) is 0 Å². The average Bonchev–Trinajstić information content (AvgIpc) is 2.50. The smallest absolute Gasteiger partial charge is 0.293 e. The van der Waals surface area contributed by atoms with E-state index in [1.807, 2.05) is 12.1 Å². The van der Waals surface area contributed by atoms with Crippen LogP contribution in [-0.2, 0) is 0 Å². The highest BCUT2D eigenvalue weighted by Gasteiger charge is 2.15. The molecular formula is C7H6O3S. The van der Waals surface area contributed by atoms with Crippen molar-refractivity contribution in [2.75, 3.05) is 7.11 Å². The molecule has 58 valence electrons. The number of hydrogen-bond acceptors (Lipinski definition) is 4. The third-order valence-electron chi connectivity index (χ3n) is 1.40. The summed E-state index contributed by atoms with van der Waals surface area (Å²) in [6.45, 7) is 0. The zero-order chi connectivity index (χ0) is 7.68. The Labute approximate surface area is 68.7 Å². The Bertz CT molecular complexity index is 274. The van der Waals surface area contributed by atoms with Gasteiger partial charge in [0.2, 0.25) is 0 Å². The Morgan fingerprint density at radius 2 is 2.09 bits per heavy atom. The van der Waals surface area contributed by atoms with Gasteiger partial charge >= 0.3 is 0 Å². The summed E-state index contributed by atoms with van der Waals surface area (Å²) < 4.78 is 15.1. The van der Waals surface area contributed by atoms with E-state index >= 15 is 0 Å². The van der Waals surface area contributed by atoms with Gasteiger partial charge in [-0.05, 0) is 12.1 Å². The molecule has 1 aromatic carbocycles. The van der Waals surface area contributed by atoms with E-state index in [0.717, 1.165) is 23.8 Å². The lowest BCUT2D eigenvalue weighted by molar-refractivity contribution is 0.413. The number of ether oxygens (including phenoxy) is 1. The highest BCUT2D eigenvalue weighted by molar-refractivity contribution is 7.90. The average molecular weight is 170 g/mol. The molecule has 0 saturated carbocycles. The van der Waals surface area contributed by atoms with Crippen molar-refractivity contribution >= 4 is 12.3 Å². The van der Waals surface area contributed by atoms with Gasteiger partial charge in [-0.15, -0.1) is 0 Å². The van der Waals surface area contributed by atoms with Crippen molar-refractivity contribution in [3.8, 4) is 17.2 Å². The van der Waals surface area contributed by atoms with Gasteiger partial charge < -0.3 is 13.1 Å². The fourth-order valence-corrected chi connectivity index (χ4v) is 1.29. The van der Waals surface area contributed by atoms with Crippen LogP contribution in [0.1, 0.15) is 0 Å². The van der Waals surface area contributed by atoms with E-state index in [0.29, 0.717) is 5.75 Å². The van der Waals surface area contributed by atoms with Crippen molar-refractivity contribution in [3.05, 3.63) is 18.2 Å². The van der Waals surface area contributed by atoms with Gasteiger partial charge in [0, 0.05) is 6.07 Å². The van der Waals surface area contributed by atoms with Gasteiger partial charge in [-0.1, -0.05) is 0 Å². The first-order valence-corrected chi connectivity index (χ1v) is 3.76. The summed E-state index contributed by atoms with van der Waals surface area (Å²) in [4.78, 5) is 0. The lowest BCUT2D eigenvalue weighted by atomic mass is 10.3. The Hall–Kier alpha value is -1.03. The minimum Gasteiger partial charge on any atom is -0.497 e. The van der Waals surface area contributed by atoms with E-state index in [4.69, 9.17) is 13.1 Å². The number of methoxy groups -OCH3 is 1. The Morgan fingerprint density at radius 3 is 2.91 bits per heavy atom. The second-order valence-corrected chi connectivity index (χ2v) is 2.52. The molecule has 0 fully saturated rings. The maximum atomic E-state index is 5.06. The zero-order valence-electron chi connectivity index (χ0n) is 5.87. The van der Waals surface area contributed by atoms with Crippen molar-refractivity contribution in [1.29, 1.82) is 0 Å². The molecule has 4 heteroatoms. The van der Waals surface area contributed by atoms with Crippen LogP contribution < -0.4 is 13.1 Å². The standard InChI is InChI=1S/C7H6O3S/c1-8-5-2-3-6-7(4-5)10-11-9-6/h2-4H,1H3. The maximum Gasteiger partial charge on any atom is 0.293 e. The molecule has 1 aliphatic rings. The van der Waals surface area contributed by atoms with Crippen LogP contribution in [0, 0.1) is 0 Å². The molecule has 11 heavy (non-hydrogen) atoms. The first-order chi connectivity index (χ1) is 5.40. The molecule has 0 aromatic heterocycles. The molecule has 0 saturated heterocycles. The van der Waals surface area contributed by atoms with Crippen LogP contribution in [0.15, 0.2) is 18.2 Å². The van der Waals surface area contributed by atoms with Gasteiger partial charge in [-0.3, -0.25) is 0 Å². The predicted octanol–water partition coefficient (Wildman–Crippen LogP) is 2.03. The minimum absolute atomic E-state index is 0.717. The molecule has 0 aliphatic carbocycles. The molecular weight excluding hydrogens is 164 g/mol. The van der Waals surface area contributed by atoms with Crippen LogP contribution in [0.5, 0.6) is 17.2 Å². The van der Waals surface area contributed by atoms with E-state index in [-0.39, 0.29) is 0 Å². The van der Waals surface area contributed by atoms with Crippen molar-refractivity contribution in [2.24, 2.45) is 0 Å². The van der Waals surface area contributed by atoms with Crippen LogP contribution in [0.4, 0.5) is 0 Å². The molecule has 0 atom stereocenters. The topological polar surface area (TPSA) is 27.7 Å². The molecule has 0 amide bonds. The highest BCUT2D eigenvalue weighted by Crippen LogP contribution is 2.40. The van der Waals surface area contributed by atoms with Gasteiger partial charge in [-0.25, -0.2) is 0 Å². The lowest BCUT2D eigenvalue weighted by Gasteiger charge is -1.98. The number of benzene rings is 1. The van der Waals surface area contributed by atoms with Crippen molar-refractivity contribution in [2.45, 2.75) is 0 Å². The van der Waals surface area contributed by atoms with Gasteiger partial charge in [0.1, 0.15) is 5.75 Å². The third-order valence-corrected chi connectivity index (χ3v) is 1.89. The van der Waals surface area contributed by atoms with Crippen LogP contribution in [0.3, 0.4) is 0 Å². The maximum absolute atomic E-state index is 5.06. The van der Waals surface area contributed by atoms with Crippen LogP contribution in [-0.4, -0.2) is 7.11 Å². The van der Waals surface area contributed by atoms with Gasteiger partial charge in [0.05, 0.1) is 7.11 Å². The summed E-state index contributed by atoms with van der Waals surface area (Å²) in [7, 11) is 1.62. The molecule has 3 nitrogen and oxygen atoms in total. The van der Waals surface area contributed by atoms with E-state index in [1.54, 1.807) is 13.2 Å². The van der Waals surface area contributed by atoms with Crippen molar-refractivity contribution < 1.29 is 13.1 Å².